The van der Waals surface area contributed by atoms with Gasteiger partial charge in [-0.1, -0.05) is 30.4 Å². The highest BCUT2D eigenvalue weighted by Crippen LogP contribution is 2.09. The molecule has 98 valence electrons. The molecule has 0 radical (unpaired) electrons. The summed E-state index contributed by atoms with van der Waals surface area (Å²) in [6.07, 6.45) is 3.88. The monoisotopic (exact) mass is 267 g/mol. The van der Waals surface area contributed by atoms with E-state index in [-0.39, 0.29) is 5.84 Å². The molecule has 0 saturated heterocycles. The van der Waals surface area contributed by atoms with Crippen LogP contribution in [0, 0.1) is 5.41 Å². The molecule has 0 bridgehead atoms. The lowest BCUT2D eigenvalue weighted by molar-refractivity contribution is 0.585. The number of amidine groups is 1. The van der Waals surface area contributed by atoms with Gasteiger partial charge in [-0.05, 0) is 25.0 Å². The SMILES string of the molecule is CC(C/C=C/c1cccc(C(=N)N)c1)S(N)(=O)=O. The number of benzene rings is 1. The van der Waals surface area contributed by atoms with Crippen molar-refractivity contribution in [1.82, 2.24) is 0 Å². The Morgan fingerprint density at radius 2 is 2.17 bits per heavy atom. The molecule has 0 aliphatic carbocycles. The van der Waals surface area contributed by atoms with E-state index in [4.69, 9.17) is 16.3 Å². The molecule has 6 heteroatoms. The van der Waals surface area contributed by atoms with E-state index in [1.54, 1.807) is 37.3 Å². The molecule has 1 rings (SSSR count). The first-order chi connectivity index (χ1) is 8.30. The quantitative estimate of drug-likeness (QED) is 0.547. The fraction of sp³-hybridized carbons (Fsp3) is 0.250. The largest absolute Gasteiger partial charge is 0.384 e. The Bertz CT molecular complexity index is 564. The third kappa shape index (κ3) is 4.31. The van der Waals surface area contributed by atoms with Crippen LogP contribution in [0.15, 0.2) is 30.3 Å². The third-order valence-corrected chi connectivity index (χ3v) is 3.85. The molecular weight excluding hydrogens is 250 g/mol. The summed E-state index contributed by atoms with van der Waals surface area (Å²) in [7, 11) is -3.48. The summed E-state index contributed by atoms with van der Waals surface area (Å²) in [5, 5.41) is 11.7. The van der Waals surface area contributed by atoms with E-state index in [1.165, 1.54) is 0 Å². The van der Waals surface area contributed by atoms with Gasteiger partial charge in [-0.3, -0.25) is 5.41 Å². The van der Waals surface area contributed by atoms with Crippen molar-refractivity contribution in [3.05, 3.63) is 41.5 Å². The highest BCUT2D eigenvalue weighted by Gasteiger charge is 2.12. The van der Waals surface area contributed by atoms with Crippen LogP contribution >= 0.6 is 0 Å². The molecule has 0 fully saturated rings. The maximum atomic E-state index is 11.0. The second-order valence-corrected chi connectivity index (χ2v) is 6.06. The van der Waals surface area contributed by atoms with Gasteiger partial charge in [-0.2, -0.15) is 0 Å². The van der Waals surface area contributed by atoms with Gasteiger partial charge < -0.3 is 5.73 Å². The van der Waals surface area contributed by atoms with Crippen molar-refractivity contribution >= 4 is 21.9 Å². The van der Waals surface area contributed by atoms with Gasteiger partial charge in [0.1, 0.15) is 5.84 Å². The van der Waals surface area contributed by atoms with E-state index < -0.39 is 15.3 Å². The third-order valence-electron chi connectivity index (χ3n) is 2.54. The molecule has 1 unspecified atom stereocenters. The molecule has 0 aromatic heterocycles. The number of nitrogen functional groups attached to an aromatic ring is 1. The summed E-state index contributed by atoms with van der Waals surface area (Å²) in [5.74, 6) is 0.00292. The van der Waals surface area contributed by atoms with E-state index in [0.717, 1.165) is 5.56 Å². The molecule has 0 heterocycles. The predicted molar refractivity (Wildman–Crippen MR) is 73.7 cm³/mol. The Balaban J connectivity index is 2.74. The number of rotatable bonds is 5. The average molecular weight is 267 g/mol. The molecule has 0 saturated carbocycles. The van der Waals surface area contributed by atoms with E-state index in [1.807, 2.05) is 6.07 Å². The zero-order valence-corrected chi connectivity index (χ0v) is 10.9. The number of primary sulfonamides is 1. The van der Waals surface area contributed by atoms with Gasteiger partial charge in [0.25, 0.3) is 0 Å². The number of nitrogens with one attached hydrogen (secondary N) is 1. The number of sulfonamides is 1. The van der Waals surface area contributed by atoms with Gasteiger partial charge in [0, 0.05) is 5.56 Å². The lowest BCUT2D eigenvalue weighted by Crippen LogP contribution is -2.25. The van der Waals surface area contributed by atoms with E-state index in [0.29, 0.717) is 12.0 Å². The first-order valence-corrected chi connectivity index (χ1v) is 7.04. The first kappa shape index (κ1) is 14.4. The van der Waals surface area contributed by atoms with Crippen LogP contribution in [-0.4, -0.2) is 19.5 Å². The second kappa shape index (κ2) is 5.79. The van der Waals surface area contributed by atoms with Crippen LogP contribution in [0.2, 0.25) is 0 Å². The van der Waals surface area contributed by atoms with Crippen molar-refractivity contribution in [2.75, 3.05) is 0 Å². The summed E-state index contributed by atoms with van der Waals surface area (Å²) in [4.78, 5) is 0. The van der Waals surface area contributed by atoms with Gasteiger partial charge in [-0.25, -0.2) is 13.6 Å². The zero-order chi connectivity index (χ0) is 13.8. The Hall–Kier alpha value is -1.66. The van der Waals surface area contributed by atoms with Crippen molar-refractivity contribution in [3.8, 4) is 0 Å². The molecule has 1 aromatic carbocycles. The van der Waals surface area contributed by atoms with E-state index in [2.05, 4.69) is 0 Å². The van der Waals surface area contributed by atoms with E-state index in [9.17, 15) is 8.42 Å². The number of hydrogen-bond acceptors (Lipinski definition) is 3. The maximum absolute atomic E-state index is 11.0. The molecule has 18 heavy (non-hydrogen) atoms. The summed E-state index contributed by atoms with van der Waals surface area (Å²) < 4.78 is 22.0. The minimum Gasteiger partial charge on any atom is -0.384 e. The maximum Gasteiger partial charge on any atom is 0.211 e. The number of nitrogens with two attached hydrogens (primary N) is 2. The second-order valence-electron chi connectivity index (χ2n) is 4.08. The molecule has 1 aromatic rings. The summed E-state index contributed by atoms with van der Waals surface area (Å²) in [6, 6.07) is 7.15. The average Bonchev–Trinajstić information content (AvgIpc) is 2.28. The predicted octanol–water partition coefficient (Wildman–Crippen LogP) is 1.05. The number of hydrogen-bond donors (Lipinski definition) is 3. The zero-order valence-electron chi connectivity index (χ0n) is 10.1. The summed E-state index contributed by atoms with van der Waals surface area (Å²) in [6.45, 7) is 1.56. The molecular formula is C12H17N3O2S. The van der Waals surface area contributed by atoms with Gasteiger partial charge in [0.2, 0.25) is 10.0 Å². The lowest BCUT2D eigenvalue weighted by atomic mass is 10.1. The van der Waals surface area contributed by atoms with Crippen molar-refractivity contribution in [2.45, 2.75) is 18.6 Å². The minimum atomic E-state index is -3.48. The molecule has 5 N–H and O–H groups in total. The molecule has 0 amide bonds. The Morgan fingerprint density at radius 3 is 2.72 bits per heavy atom. The fourth-order valence-electron chi connectivity index (χ4n) is 1.34. The minimum absolute atomic E-state index is 0.00292. The lowest BCUT2D eigenvalue weighted by Gasteiger charge is -2.04. The highest BCUT2D eigenvalue weighted by atomic mass is 32.2. The van der Waals surface area contributed by atoms with Crippen LogP contribution in [-0.2, 0) is 10.0 Å². The number of allylic oxidation sites excluding steroid dienone is 1. The van der Waals surface area contributed by atoms with Gasteiger partial charge >= 0.3 is 0 Å². The highest BCUT2D eigenvalue weighted by molar-refractivity contribution is 7.89. The molecule has 0 aliphatic heterocycles. The van der Waals surface area contributed by atoms with E-state index >= 15 is 0 Å². The molecule has 1 atom stereocenters. The van der Waals surface area contributed by atoms with Crippen molar-refractivity contribution in [3.63, 3.8) is 0 Å². The summed E-state index contributed by atoms with van der Waals surface area (Å²) >= 11 is 0. The standard InChI is InChI=1S/C12H17N3O2S/c1-9(18(15,16)17)4-2-5-10-6-3-7-11(8-10)12(13)14/h2-3,5-9H,4H2,1H3,(H3,13,14)(H2,15,16,17)/b5-2+. The van der Waals surface area contributed by atoms with Crippen molar-refractivity contribution in [1.29, 1.82) is 5.41 Å². The topological polar surface area (TPSA) is 110 Å². The smallest absolute Gasteiger partial charge is 0.211 e. The fourth-order valence-corrected chi connectivity index (χ4v) is 1.72. The Morgan fingerprint density at radius 1 is 1.50 bits per heavy atom. The van der Waals surface area contributed by atoms with Crippen LogP contribution in [0.1, 0.15) is 24.5 Å². The van der Waals surface area contributed by atoms with Gasteiger partial charge in [-0.15, -0.1) is 0 Å². The molecule has 0 spiro atoms. The van der Waals surface area contributed by atoms with Crippen LogP contribution in [0.5, 0.6) is 0 Å². The molecule has 0 aliphatic rings. The Labute approximate surface area is 107 Å². The molecule has 5 nitrogen and oxygen atoms in total. The first-order valence-electron chi connectivity index (χ1n) is 5.43. The van der Waals surface area contributed by atoms with Crippen LogP contribution in [0.25, 0.3) is 6.08 Å². The summed E-state index contributed by atoms with van der Waals surface area (Å²) in [5.41, 5.74) is 6.88. The van der Waals surface area contributed by atoms with Gasteiger partial charge in [0.05, 0.1) is 5.25 Å². The van der Waals surface area contributed by atoms with Crippen molar-refractivity contribution in [2.24, 2.45) is 10.9 Å². The van der Waals surface area contributed by atoms with Crippen LogP contribution in [0.4, 0.5) is 0 Å². The van der Waals surface area contributed by atoms with Crippen molar-refractivity contribution < 1.29 is 8.42 Å². The Kier molecular flexibility index (Phi) is 4.63. The normalized spacial score (nSPS) is 13.7. The van der Waals surface area contributed by atoms with Crippen LogP contribution in [0.3, 0.4) is 0 Å². The van der Waals surface area contributed by atoms with Gasteiger partial charge in [0.15, 0.2) is 0 Å². The van der Waals surface area contributed by atoms with Crippen LogP contribution < -0.4 is 10.9 Å².